The number of H-pyrrole nitrogens is 1. The SMILES string of the molecule is CCN(CC)C(CNC(=O)c1ccc(=O)[nH]n1)c1ccccc1. The Morgan fingerprint density at radius 1 is 1.17 bits per heavy atom. The summed E-state index contributed by atoms with van der Waals surface area (Å²) in [7, 11) is 0. The lowest BCUT2D eigenvalue weighted by molar-refractivity contribution is 0.0929. The number of likely N-dealkylation sites (N-methyl/N-ethyl adjacent to an activating group) is 1. The Morgan fingerprint density at radius 2 is 1.87 bits per heavy atom. The third-order valence-electron chi connectivity index (χ3n) is 3.81. The van der Waals surface area contributed by atoms with Crippen LogP contribution in [0.3, 0.4) is 0 Å². The van der Waals surface area contributed by atoms with Crippen molar-refractivity contribution in [3.63, 3.8) is 0 Å². The summed E-state index contributed by atoms with van der Waals surface area (Å²) < 4.78 is 0. The highest BCUT2D eigenvalue weighted by molar-refractivity contribution is 5.91. The van der Waals surface area contributed by atoms with Gasteiger partial charge in [-0.3, -0.25) is 14.5 Å². The summed E-state index contributed by atoms with van der Waals surface area (Å²) in [6, 6.07) is 12.9. The predicted molar refractivity (Wildman–Crippen MR) is 89.3 cm³/mol. The van der Waals surface area contributed by atoms with Crippen LogP contribution in [-0.4, -0.2) is 40.6 Å². The van der Waals surface area contributed by atoms with Gasteiger partial charge < -0.3 is 5.32 Å². The minimum absolute atomic E-state index is 0.0953. The number of aromatic amines is 1. The van der Waals surface area contributed by atoms with E-state index in [1.807, 2.05) is 18.2 Å². The van der Waals surface area contributed by atoms with Crippen LogP contribution in [0.2, 0.25) is 0 Å². The smallest absolute Gasteiger partial charge is 0.271 e. The molecule has 6 nitrogen and oxygen atoms in total. The fourth-order valence-corrected chi connectivity index (χ4v) is 2.55. The lowest BCUT2D eigenvalue weighted by Gasteiger charge is -2.30. The first-order valence-electron chi connectivity index (χ1n) is 7.78. The lowest BCUT2D eigenvalue weighted by Crippen LogP contribution is -2.38. The second kappa shape index (κ2) is 8.24. The van der Waals surface area contributed by atoms with Gasteiger partial charge in [0, 0.05) is 12.6 Å². The number of rotatable bonds is 7. The molecule has 0 fully saturated rings. The van der Waals surface area contributed by atoms with E-state index in [4.69, 9.17) is 0 Å². The van der Waals surface area contributed by atoms with Gasteiger partial charge >= 0.3 is 0 Å². The topological polar surface area (TPSA) is 78.1 Å². The zero-order valence-electron chi connectivity index (χ0n) is 13.5. The molecule has 23 heavy (non-hydrogen) atoms. The number of nitrogens with zero attached hydrogens (tertiary/aromatic N) is 2. The lowest BCUT2D eigenvalue weighted by atomic mass is 10.1. The molecule has 2 N–H and O–H groups in total. The average Bonchev–Trinajstić information content (AvgIpc) is 2.59. The van der Waals surface area contributed by atoms with Crippen LogP contribution < -0.4 is 10.9 Å². The van der Waals surface area contributed by atoms with E-state index in [1.165, 1.54) is 12.1 Å². The van der Waals surface area contributed by atoms with Gasteiger partial charge in [0.15, 0.2) is 0 Å². The van der Waals surface area contributed by atoms with E-state index in [2.05, 4.69) is 46.4 Å². The number of carbonyl (C=O) groups is 1. The molecule has 1 atom stereocenters. The zero-order chi connectivity index (χ0) is 16.7. The second-order valence-electron chi connectivity index (χ2n) is 5.16. The summed E-state index contributed by atoms with van der Waals surface area (Å²) in [5, 5.41) is 8.92. The molecule has 1 unspecified atom stereocenters. The highest BCUT2D eigenvalue weighted by Gasteiger charge is 2.19. The van der Waals surface area contributed by atoms with E-state index in [9.17, 15) is 9.59 Å². The molecule has 1 amide bonds. The van der Waals surface area contributed by atoms with Crippen molar-refractivity contribution in [2.45, 2.75) is 19.9 Å². The summed E-state index contributed by atoms with van der Waals surface area (Å²) in [5.41, 5.74) is 1.04. The van der Waals surface area contributed by atoms with Crippen molar-refractivity contribution in [2.24, 2.45) is 0 Å². The standard InChI is InChI=1S/C17H22N4O2/c1-3-21(4-2)15(13-8-6-5-7-9-13)12-18-17(23)14-10-11-16(22)20-19-14/h5-11,15H,3-4,12H2,1-2H3,(H,18,23)(H,20,22). The van der Waals surface area contributed by atoms with E-state index in [0.717, 1.165) is 18.7 Å². The summed E-state index contributed by atoms with van der Waals surface area (Å²) in [6.07, 6.45) is 0. The second-order valence-corrected chi connectivity index (χ2v) is 5.16. The van der Waals surface area contributed by atoms with E-state index in [-0.39, 0.29) is 23.2 Å². The quantitative estimate of drug-likeness (QED) is 0.813. The predicted octanol–water partition coefficient (Wildman–Crippen LogP) is 1.58. The van der Waals surface area contributed by atoms with Crippen LogP contribution in [0.5, 0.6) is 0 Å². The van der Waals surface area contributed by atoms with Crippen LogP contribution in [0.4, 0.5) is 0 Å². The molecule has 0 aliphatic rings. The monoisotopic (exact) mass is 314 g/mol. The highest BCUT2D eigenvalue weighted by atomic mass is 16.2. The minimum Gasteiger partial charge on any atom is -0.349 e. The number of amides is 1. The molecule has 2 aromatic rings. The summed E-state index contributed by atoms with van der Waals surface area (Å²) in [4.78, 5) is 25.5. The molecule has 0 bridgehead atoms. The maximum atomic E-state index is 12.2. The number of benzene rings is 1. The van der Waals surface area contributed by atoms with E-state index in [0.29, 0.717) is 6.54 Å². The Balaban J connectivity index is 2.10. The van der Waals surface area contributed by atoms with Gasteiger partial charge in [0.25, 0.3) is 11.5 Å². The van der Waals surface area contributed by atoms with Gasteiger partial charge in [-0.2, -0.15) is 5.10 Å². The first-order chi connectivity index (χ1) is 11.2. The van der Waals surface area contributed by atoms with Crippen LogP contribution in [0.25, 0.3) is 0 Å². The van der Waals surface area contributed by atoms with Gasteiger partial charge in [-0.1, -0.05) is 44.2 Å². The molecule has 1 aromatic carbocycles. The van der Waals surface area contributed by atoms with Crippen molar-refractivity contribution in [3.8, 4) is 0 Å². The Hall–Kier alpha value is -2.47. The molecule has 0 aliphatic carbocycles. The third-order valence-corrected chi connectivity index (χ3v) is 3.81. The summed E-state index contributed by atoms with van der Waals surface area (Å²) >= 11 is 0. The van der Waals surface area contributed by atoms with Gasteiger partial charge in [-0.05, 0) is 24.7 Å². The fraction of sp³-hybridized carbons (Fsp3) is 0.353. The number of hydrogen-bond acceptors (Lipinski definition) is 4. The number of aromatic nitrogens is 2. The van der Waals surface area contributed by atoms with Crippen molar-refractivity contribution < 1.29 is 4.79 Å². The molecule has 0 aliphatic heterocycles. The highest BCUT2D eigenvalue weighted by Crippen LogP contribution is 2.19. The van der Waals surface area contributed by atoms with Crippen molar-refractivity contribution in [2.75, 3.05) is 19.6 Å². The van der Waals surface area contributed by atoms with Crippen LogP contribution >= 0.6 is 0 Å². The molecule has 2 rings (SSSR count). The molecular weight excluding hydrogens is 292 g/mol. The van der Waals surface area contributed by atoms with E-state index < -0.39 is 0 Å². The summed E-state index contributed by atoms with van der Waals surface area (Å²) in [5.74, 6) is -0.297. The van der Waals surface area contributed by atoms with Gasteiger partial charge in [0.1, 0.15) is 5.69 Å². The molecule has 122 valence electrons. The molecule has 6 heteroatoms. The number of nitrogens with one attached hydrogen (secondary N) is 2. The van der Waals surface area contributed by atoms with Gasteiger partial charge in [-0.25, -0.2) is 5.10 Å². The van der Waals surface area contributed by atoms with E-state index in [1.54, 1.807) is 0 Å². The molecule has 0 spiro atoms. The van der Waals surface area contributed by atoms with Crippen LogP contribution in [0, 0.1) is 0 Å². The largest absolute Gasteiger partial charge is 0.349 e. The van der Waals surface area contributed by atoms with Crippen LogP contribution in [0.15, 0.2) is 47.3 Å². The minimum atomic E-state index is -0.327. The third kappa shape index (κ3) is 4.50. The van der Waals surface area contributed by atoms with Crippen molar-refractivity contribution in [3.05, 3.63) is 64.1 Å². The van der Waals surface area contributed by atoms with Crippen molar-refractivity contribution >= 4 is 5.91 Å². The maximum absolute atomic E-state index is 12.2. The first kappa shape index (κ1) is 16.9. The number of hydrogen-bond donors (Lipinski definition) is 2. The maximum Gasteiger partial charge on any atom is 0.271 e. The molecule has 0 radical (unpaired) electrons. The fourth-order valence-electron chi connectivity index (χ4n) is 2.55. The molecule has 1 heterocycles. The normalized spacial score (nSPS) is 12.1. The number of carbonyl (C=O) groups excluding carboxylic acids is 1. The zero-order valence-corrected chi connectivity index (χ0v) is 13.5. The Kier molecular flexibility index (Phi) is 6.05. The van der Waals surface area contributed by atoms with Crippen LogP contribution in [-0.2, 0) is 0 Å². The van der Waals surface area contributed by atoms with E-state index >= 15 is 0 Å². The average molecular weight is 314 g/mol. The molecule has 0 saturated heterocycles. The van der Waals surface area contributed by atoms with Crippen molar-refractivity contribution in [1.29, 1.82) is 0 Å². The van der Waals surface area contributed by atoms with Gasteiger partial charge in [0.05, 0.1) is 6.04 Å². The van der Waals surface area contributed by atoms with Gasteiger partial charge in [0.2, 0.25) is 0 Å². The Bertz CT molecular complexity index is 660. The Labute approximate surface area is 135 Å². The first-order valence-corrected chi connectivity index (χ1v) is 7.78. The molecule has 1 aromatic heterocycles. The van der Waals surface area contributed by atoms with Gasteiger partial charge in [-0.15, -0.1) is 0 Å². The molecule has 0 saturated carbocycles. The van der Waals surface area contributed by atoms with Crippen LogP contribution in [0.1, 0.15) is 35.9 Å². The Morgan fingerprint density at radius 3 is 2.43 bits per heavy atom. The summed E-state index contributed by atoms with van der Waals surface area (Å²) in [6.45, 7) is 6.46. The van der Waals surface area contributed by atoms with Crippen molar-refractivity contribution in [1.82, 2.24) is 20.4 Å². The molecular formula is C17H22N4O2.